The van der Waals surface area contributed by atoms with E-state index in [4.69, 9.17) is 15.2 Å². The number of nitrogens with two attached hydrogens (primary N) is 1. The lowest BCUT2D eigenvalue weighted by molar-refractivity contribution is -0.160. The van der Waals surface area contributed by atoms with E-state index in [9.17, 15) is 0 Å². The predicted molar refractivity (Wildman–Crippen MR) is 117 cm³/mol. The van der Waals surface area contributed by atoms with E-state index in [0.717, 1.165) is 41.3 Å². The van der Waals surface area contributed by atoms with E-state index in [-0.39, 0.29) is 18.2 Å². The van der Waals surface area contributed by atoms with E-state index >= 15 is 0 Å². The van der Waals surface area contributed by atoms with Gasteiger partial charge in [-0.15, -0.1) is 0 Å². The summed E-state index contributed by atoms with van der Waals surface area (Å²) in [6, 6.07) is 6.42. The number of nitrogen functional groups attached to an aromatic ring is 1. The number of fused-ring (bicyclic) bond motifs is 3. The lowest BCUT2D eigenvalue weighted by Crippen LogP contribution is -2.27. The zero-order valence-corrected chi connectivity index (χ0v) is 17.7. The Morgan fingerprint density at radius 3 is 2.97 bits per heavy atom. The molecule has 1 saturated carbocycles. The summed E-state index contributed by atoms with van der Waals surface area (Å²) < 4.78 is 15.0. The van der Waals surface area contributed by atoms with Gasteiger partial charge in [-0.3, -0.25) is 0 Å². The van der Waals surface area contributed by atoms with Crippen molar-refractivity contribution in [2.24, 2.45) is 5.92 Å². The van der Waals surface area contributed by atoms with E-state index in [0.29, 0.717) is 11.7 Å². The third kappa shape index (κ3) is 3.09. The molecule has 1 aliphatic heterocycles. The van der Waals surface area contributed by atoms with Crippen molar-refractivity contribution in [3.63, 3.8) is 0 Å². The molecule has 3 N–H and O–H groups in total. The van der Waals surface area contributed by atoms with Crippen LogP contribution in [-0.2, 0) is 15.9 Å². The van der Waals surface area contributed by atoms with Gasteiger partial charge >= 0.3 is 0 Å². The second kappa shape index (κ2) is 6.77. The number of pyridine rings is 1. The van der Waals surface area contributed by atoms with Crippen molar-refractivity contribution in [1.29, 1.82) is 0 Å². The molecule has 2 aliphatic rings. The van der Waals surface area contributed by atoms with Gasteiger partial charge in [-0.2, -0.15) is 0 Å². The van der Waals surface area contributed by atoms with Gasteiger partial charge in [0, 0.05) is 24.0 Å². The van der Waals surface area contributed by atoms with Crippen LogP contribution in [0.5, 0.6) is 0 Å². The van der Waals surface area contributed by atoms with E-state index in [1.807, 2.05) is 32.3 Å². The van der Waals surface area contributed by atoms with Crippen LogP contribution in [0, 0.1) is 5.92 Å². The Balaban J connectivity index is 1.28. The first-order valence-electron chi connectivity index (χ1n) is 10.8. The van der Waals surface area contributed by atoms with Crippen LogP contribution in [0.3, 0.4) is 0 Å². The Bertz CT molecular complexity index is 1260. The monoisotopic (exact) mass is 418 g/mol. The standard InChI is InChI=1S/C23H26N6O2/c1-23(2)30-18-14(4-3-13-9-15-5-7-25-21(15)26-11-13)10-17(19(18)31-23)29-8-6-16-20(24)27-12-28-22(16)29/h5-9,11-12,14,17-19H,3-4,10H2,1-2H3,(H,25,26)(H2,24,27,28)/t14-,17+,18+,19-/m0/s1. The largest absolute Gasteiger partial charge is 0.383 e. The highest BCUT2D eigenvalue weighted by atomic mass is 16.8. The van der Waals surface area contributed by atoms with Crippen molar-refractivity contribution >= 4 is 27.9 Å². The Kier molecular flexibility index (Phi) is 4.10. The molecule has 0 spiro atoms. The minimum Gasteiger partial charge on any atom is -0.383 e. The Morgan fingerprint density at radius 1 is 1.19 bits per heavy atom. The average molecular weight is 419 g/mol. The molecule has 1 saturated heterocycles. The van der Waals surface area contributed by atoms with Crippen LogP contribution in [-0.4, -0.2) is 42.5 Å². The molecule has 5 heterocycles. The SMILES string of the molecule is CC1(C)O[C@@H]2[C@@H](CCc3cnc4[nH]ccc4c3)C[C@@H](n3ccc4c(N)ncnc43)[C@@H]2O1. The molecule has 1 aliphatic carbocycles. The maximum Gasteiger partial charge on any atom is 0.163 e. The lowest BCUT2D eigenvalue weighted by atomic mass is 9.96. The van der Waals surface area contributed by atoms with Gasteiger partial charge < -0.3 is 24.8 Å². The molecule has 8 nitrogen and oxygen atoms in total. The highest BCUT2D eigenvalue weighted by Crippen LogP contribution is 2.49. The van der Waals surface area contributed by atoms with Gasteiger partial charge in [-0.05, 0) is 62.8 Å². The Labute approximate surface area is 179 Å². The molecule has 4 aromatic heterocycles. The molecule has 0 bridgehead atoms. The van der Waals surface area contributed by atoms with Gasteiger partial charge in [0.05, 0.1) is 17.5 Å². The molecule has 160 valence electrons. The molecule has 31 heavy (non-hydrogen) atoms. The predicted octanol–water partition coefficient (Wildman–Crippen LogP) is 3.60. The minimum atomic E-state index is -0.588. The summed E-state index contributed by atoms with van der Waals surface area (Å²) in [6.07, 6.45) is 10.5. The van der Waals surface area contributed by atoms with Crippen molar-refractivity contribution in [3.05, 3.63) is 48.7 Å². The number of rotatable bonds is 4. The van der Waals surface area contributed by atoms with E-state index < -0.39 is 5.79 Å². The zero-order chi connectivity index (χ0) is 21.2. The maximum atomic E-state index is 6.38. The number of hydrogen-bond donors (Lipinski definition) is 2. The Morgan fingerprint density at radius 2 is 2.06 bits per heavy atom. The fourth-order valence-electron chi connectivity index (χ4n) is 5.34. The quantitative estimate of drug-likeness (QED) is 0.525. The van der Waals surface area contributed by atoms with E-state index in [2.05, 4.69) is 42.8 Å². The molecule has 6 rings (SSSR count). The second-order valence-corrected chi connectivity index (χ2v) is 9.14. The average Bonchev–Trinajstić information content (AvgIpc) is 3.49. The van der Waals surface area contributed by atoms with Gasteiger partial charge in [0.25, 0.3) is 0 Å². The van der Waals surface area contributed by atoms with E-state index in [1.165, 1.54) is 11.9 Å². The molecule has 2 fully saturated rings. The first-order valence-corrected chi connectivity index (χ1v) is 10.8. The number of hydrogen-bond acceptors (Lipinski definition) is 6. The first kappa shape index (κ1) is 18.8. The van der Waals surface area contributed by atoms with Crippen molar-refractivity contribution in [2.45, 2.75) is 57.1 Å². The summed E-state index contributed by atoms with van der Waals surface area (Å²) in [6.45, 7) is 3.99. The van der Waals surface area contributed by atoms with Crippen LogP contribution < -0.4 is 5.73 Å². The normalized spacial score (nSPS) is 27.3. The number of H-pyrrole nitrogens is 1. The van der Waals surface area contributed by atoms with Gasteiger partial charge in [-0.25, -0.2) is 15.0 Å². The van der Waals surface area contributed by atoms with Crippen LogP contribution in [0.4, 0.5) is 5.82 Å². The molecule has 8 heteroatoms. The van der Waals surface area contributed by atoms with Gasteiger partial charge in [-0.1, -0.05) is 0 Å². The molecular formula is C23H26N6O2. The number of ether oxygens (including phenoxy) is 2. The fourth-order valence-corrected chi connectivity index (χ4v) is 5.34. The minimum absolute atomic E-state index is 0.0166. The van der Waals surface area contributed by atoms with Crippen LogP contribution in [0.2, 0.25) is 0 Å². The third-order valence-corrected chi connectivity index (χ3v) is 6.71. The molecule has 0 aromatic carbocycles. The number of aromatic nitrogens is 5. The van der Waals surface area contributed by atoms with Gasteiger partial charge in [0.15, 0.2) is 5.79 Å². The first-order chi connectivity index (χ1) is 15.0. The van der Waals surface area contributed by atoms with Crippen molar-refractivity contribution in [2.75, 3.05) is 5.73 Å². The summed E-state index contributed by atoms with van der Waals surface area (Å²) in [5.74, 6) is 0.302. The number of anilines is 1. The zero-order valence-electron chi connectivity index (χ0n) is 17.7. The van der Waals surface area contributed by atoms with E-state index in [1.54, 1.807) is 0 Å². The smallest absolute Gasteiger partial charge is 0.163 e. The van der Waals surface area contributed by atoms with Crippen LogP contribution in [0.15, 0.2) is 43.1 Å². The number of nitrogens with zero attached hydrogens (tertiary/aromatic N) is 4. The number of aryl methyl sites for hydroxylation is 1. The van der Waals surface area contributed by atoms with Gasteiger partial charge in [0.1, 0.15) is 29.5 Å². The second-order valence-electron chi connectivity index (χ2n) is 9.14. The van der Waals surface area contributed by atoms with Gasteiger partial charge in [0.2, 0.25) is 0 Å². The van der Waals surface area contributed by atoms with Crippen LogP contribution in [0.1, 0.15) is 38.3 Å². The fraction of sp³-hybridized carbons (Fsp3) is 0.435. The maximum absolute atomic E-state index is 6.38. The molecule has 4 aromatic rings. The third-order valence-electron chi connectivity index (χ3n) is 6.71. The summed E-state index contributed by atoms with van der Waals surface area (Å²) in [5.41, 5.74) is 9.09. The molecular weight excluding hydrogens is 392 g/mol. The number of aromatic amines is 1. The molecule has 0 unspecified atom stereocenters. The molecule has 0 amide bonds. The van der Waals surface area contributed by atoms with Crippen molar-refractivity contribution in [1.82, 2.24) is 24.5 Å². The van der Waals surface area contributed by atoms with Crippen LogP contribution >= 0.6 is 0 Å². The lowest BCUT2D eigenvalue weighted by Gasteiger charge is -2.24. The van der Waals surface area contributed by atoms with Crippen molar-refractivity contribution < 1.29 is 9.47 Å². The summed E-state index contributed by atoms with van der Waals surface area (Å²) in [4.78, 5) is 16.3. The summed E-state index contributed by atoms with van der Waals surface area (Å²) >= 11 is 0. The highest BCUT2D eigenvalue weighted by molar-refractivity contribution is 5.86. The summed E-state index contributed by atoms with van der Waals surface area (Å²) in [5, 5.41) is 2.03. The Hall–Kier alpha value is -2.97. The van der Waals surface area contributed by atoms with Crippen molar-refractivity contribution in [3.8, 4) is 0 Å². The van der Waals surface area contributed by atoms with Crippen LogP contribution in [0.25, 0.3) is 22.1 Å². The number of nitrogens with one attached hydrogen (secondary N) is 1. The molecule has 0 radical (unpaired) electrons. The highest BCUT2D eigenvalue weighted by Gasteiger charge is 2.54. The topological polar surface area (TPSA) is 104 Å². The summed E-state index contributed by atoms with van der Waals surface area (Å²) in [7, 11) is 0. The molecule has 4 atom stereocenters.